The number of hydrogen-bond donors (Lipinski definition) is 0. The highest BCUT2D eigenvalue weighted by atomic mass is 16.6. The highest BCUT2D eigenvalue weighted by molar-refractivity contribution is 5.86. The van der Waals surface area contributed by atoms with Crippen LogP contribution in [0.4, 0.5) is 0 Å². The minimum absolute atomic E-state index is 0.105. The second kappa shape index (κ2) is 7.17. The van der Waals surface area contributed by atoms with Gasteiger partial charge in [-0.05, 0) is 6.92 Å². The maximum absolute atomic E-state index is 11.2. The second-order valence-corrected chi connectivity index (χ2v) is 4.25. The predicted octanol–water partition coefficient (Wildman–Crippen LogP) is 1.45. The monoisotopic (exact) mass is 242 g/mol. The molecule has 1 atom stereocenters. The molecule has 1 rings (SSSR count). The van der Waals surface area contributed by atoms with Crippen molar-refractivity contribution >= 4 is 5.97 Å². The van der Waals surface area contributed by atoms with Crippen LogP contribution in [0.15, 0.2) is 12.2 Å². The summed E-state index contributed by atoms with van der Waals surface area (Å²) in [5, 5.41) is 0. The molecular formula is C12H20NO4+. The van der Waals surface area contributed by atoms with Gasteiger partial charge in [0.2, 0.25) is 6.04 Å². The van der Waals surface area contributed by atoms with Crippen LogP contribution in [0.2, 0.25) is 0 Å². The molecule has 1 fully saturated rings. The van der Waals surface area contributed by atoms with Crippen molar-refractivity contribution < 1.29 is 19.0 Å². The quantitative estimate of drug-likeness (QED) is 0.293. The summed E-state index contributed by atoms with van der Waals surface area (Å²) in [6.07, 6.45) is 2.68. The van der Waals surface area contributed by atoms with Gasteiger partial charge in [-0.3, -0.25) is 0 Å². The van der Waals surface area contributed by atoms with E-state index in [2.05, 4.69) is 6.58 Å². The van der Waals surface area contributed by atoms with Crippen molar-refractivity contribution in [2.45, 2.75) is 32.2 Å². The fourth-order valence-corrected chi connectivity index (χ4v) is 1.74. The second-order valence-electron chi connectivity index (χ2n) is 4.25. The molecule has 5 heteroatoms. The van der Waals surface area contributed by atoms with Gasteiger partial charge in [0.05, 0.1) is 13.2 Å². The van der Waals surface area contributed by atoms with Crippen molar-refractivity contribution in [1.82, 2.24) is 0 Å². The third kappa shape index (κ3) is 5.08. The molecule has 0 bridgehead atoms. The maximum Gasteiger partial charge on any atom is 0.333 e. The van der Waals surface area contributed by atoms with Gasteiger partial charge in [-0.1, -0.05) is 6.58 Å². The Kier molecular flexibility index (Phi) is 5.83. The Bertz CT molecular complexity index is 301. The van der Waals surface area contributed by atoms with Crippen LogP contribution in [-0.4, -0.2) is 43.1 Å². The number of esters is 1. The molecule has 0 N–H and O–H groups in total. The molecule has 1 aliphatic heterocycles. The molecule has 0 aliphatic carbocycles. The third-order valence-corrected chi connectivity index (χ3v) is 2.73. The van der Waals surface area contributed by atoms with Crippen molar-refractivity contribution in [3.63, 3.8) is 0 Å². The molecular weight excluding hydrogens is 222 g/mol. The summed E-state index contributed by atoms with van der Waals surface area (Å²) in [6, 6.07) is 0.105. The minimum atomic E-state index is -0.393. The van der Waals surface area contributed by atoms with Crippen LogP contribution >= 0.6 is 0 Å². The maximum atomic E-state index is 11.2. The smallest absolute Gasteiger partial charge is 0.333 e. The van der Waals surface area contributed by atoms with Gasteiger partial charge >= 0.3 is 5.97 Å². The van der Waals surface area contributed by atoms with Crippen molar-refractivity contribution in [2.75, 3.05) is 26.4 Å². The molecule has 1 aliphatic rings. The molecule has 1 saturated heterocycles. The lowest BCUT2D eigenvalue weighted by molar-refractivity contribution is -0.565. The Balaban J connectivity index is 1.96. The van der Waals surface area contributed by atoms with Crippen LogP contribution in [0.3, 0.4) is 0 Å². The molecule has 0 radical (unpaired) electrons. The lowest BCUT2D eigenvalue weighted by Gasteiger charge is -2.06. The van der Waals surface area contributed by atoms with E-state index in [1.54, 1.807) is 6.92 Å². The highest BCUT2D eigenvalue weighted by Crippen LogP contribution is 2.14. The van der Waals surface area contributed by atoms with E-state index in [0.717, 1.165) is 24.0 Å². The normalized spacial score (nSPS) is 19.4. The van der Waals surface area contributed by atoms with E-state index in [9.17, 15) is 9.70 Å². The van der Waals surface area contributed by atoms with Crippen molar-refractivity contribution in [3.8, 4) is 0 Å². The summed E-state index contributed by atoms with van der Waals surface area (Å²) in [5.74, 6) is -0.393. The number of nitrogens with zero attached hydrogens (tertiary/aromatic N) is 1. The molecule has 1 unspecified atom stereocenters. The molecule has 5 nitrogen and oxygen atoms in total. The lowest BCUT2D eigenvalue weighted by atomic mass is 10.2. The molecule has 1 heterocycles. The van der Waals surface area contributed by atoms with E-state index in [4.69, 9.17) is 9.47 Å². The summed E-state index contributed by atoms with van der Waals surface area (Å²) in [7, 11) is 0. The summed E-state index contributed by atoms with van der Waals surface area (Å²) in [5.41, 5.74) is 0.387. The Morgan fingerprint density at radius 1 is 1.41 bits per heavy atom. The van der Waals surface area contributed by atoms with Gasteiger partial charge in [-0.2, -0.15) is 0 Å². The van der Waals surface area contributed by atoms with Gasteiger partial charge in [0.15, 0.2) is 6.54 Å². The van der Waals surface area contributed by atoms with Crippen LogP contribution in [0, 0.1) is 4.91 Å². The van der Waals surface area contributed by atoms with E-state index < -0.39 is 5.97 Å². The molecule has 0 amide bonds. The van der Waals surface area contributed by atoms with E-state index in [1.807, 2.05) is 0 Å². The fraction of sp³-hybridized carbons (Fsp3) is 0.750. The van der Waals surface area contributed by atoms with Gasteiger partial charge in [0.1, 0.15) is 6.61 Å². The summed E-state index contributed by atoms with van der Waals surface area (Å²) in [4.78, 5) is 22.2. The van der Waals surface area contributed by atoms with Crippen molar-refractivity contribution in [2.24, 2.45) is 0 Å². The standard InChI is InChI=1S/C12H20NO4/c1-10(2)12(14)17-9-8-16-7-5-11-4-3-6-13(11)15/h11H,1,3-9H2,2H3/q+1. The van der Waals surface area contributed by atoms with Crippen molar-refractivity contribution in [3.05, 3.63) is 17.1 Å². The Labute approximate surface area is 101 Å². The SMILES string of the molecule is C=C(C)C(=O)OCCOCCC1CCC[N+]1=O. The van der Waals surface area contributed by atoms with E-state index in [-0.39, 0.29) is 12.6 Å². The molecule has 0 spiro atoms. The van der Waals surface area contributed by atoms with Crippen LogP contribution < -0.4 is 0 Å². The molecule has 0 aromatic rings. The first-order valence-electron chi connectivity index (χ1n) is 5.95. The molecule has 0 saturated carbocycles. The molecule has 0 aromatic carbocycles. The Hall–Kier alpha value is -1.23. The minimum Gasteiger partial charge on any atom is -0.460 e. The van der Waals surface area contributed by atoms with Crippen LogP contribution in [0.25, 0.3) is 0 Å². The Morgan fingerprint density at radius 2 is 2.18 bits per heavy atom. The summed E-state index contributed by atoms with van der Waals surface area (Å²) in [6.45, 7) is 6.85. The zero-order valence-electron chi connectivity index (χ0n) is 10.3. The van der Waals surface area contributed by atoms with Crippen molar-refractivity contribution in [1.29, 1.82) is 0 Å². The summed E-state index contributed by atoms with van der Waals surface area (Å²) >= 11 is 0. The van der Waals surface area contributed by atoms with E-state index in [0.29, 0.717) is 25.3 Å². The van der Waals surface area contributed by atoms with Gasteiger partial charge in [0.25, 0.3) is 0 Å². The van der Waals surface area contributed by atoms with Crippen LogP contribution in [-0.2, 0) is 14.3 Å². The lowest BCUT2D eigenvalue weighted by Crippen LogP contribution is -2.19. The largest absolute Gasteiger partial charge is 0.460 e. The molecule has 0 aromatic heterocycles. The predicted molar refractivity (Wildman–Crippen MR) is 62.7 cm³/mol. The zero-order chi connectivity index (χ0) is 12.7. The third-order valence-electron chi connectivity index (χ3n) is 2.73. The highest BCUT2D eigenvalue weighted by Gasteiger charge is 2.30. The number of carbonyl (C=O) groups is 1. The average Bonchev–Trinajstić information content (AvgIpc) is 2.68. The summed E-state index contributed by atoms with van der Waals surface area (Å²) < 4.78 is 11.3. The number of ether oxygens (including phenoxy) is 2. The van der Waals surface area contributed by atoms with Gasteiger partial charge in [0, 0.05) is 34.5 Å². The topological polar surface area (TPSA) is 55.6 Å². The van der Waals surface area contributed by atoms with E-state index in [1.165, 1.54) is 0 Å². The van der Waals surface area contributed by atoms with Crippen LogP contribution in [0.1, 0.15) is 26.2 Å². The first kappa shape index (κ1) is 13.8. The van der Waals surface area contributed by atoms with Gasteiger partial charge < -0.3 is 9.47 Å². The average molecular weight is 242 g/mol. The molecule has 96 valence electrons. The first-order chi connectivity index (χ1) is 8.11. The van der Waals surface area contributed by atoms with Gasteiger partial charge in [-0.15, -0.1) is 0 Å². The number of hydrogen-bond acceptors (Lipinski definition) is 4. The van der Waals surface area contributed by atoms with Gasteiger partial charge in [-0.25, -0.2) is 4.79 Å². The fourth-order valence-electron chi connectivity index (χ4n) is 1.74. The zero-order valence-corrected chi connectivity index (χ0v) is 10.3. The Morgan fingerprint density at radius 3 is 2.76 bits per heavy atom. The van der Waals surface area contributed by atoms with Crippen LogP contribution in [0.5, 0.6) is 0 Å². The number of nitroso groups, excluding NO2 is 1. The first-order valence-corrected chi connectivity index (χ1v) is 5.95. The number of carbonyl (C=O) groups excluding carboxylic acids is 1. The molecule has 17 heavy (non-hydrogen) atoms. The van der Waals surface area contributed by atoms with E-state index >= 15 is 0 Å². The number of rotatable bonds is 7.